The number of β-amino-alcohol motifs (C(OH)–C–C–N with tert-alkyl or cyclic N) is 1. The molecule has 7 nitrogen and oxygen atoms in total. The Kier molecular flexibility index (Phi) is 8.83. The first-order valence-corrected chi connectivity index (χ1v) is 11.9. The molecule has 0 spiro atoms. The molecule has 0 aromatic heterocycles. The maximum absolute atomic E-state index is 11.2. The van der Waals surface area contributed by atoms with Gasteiger partial charge in [-0.15, -0.1) is 0 Å². The lowest BCUT2D eigenvalue weighted by molar-refractivity contribution is -0.0646. The van der Waals surface area contributed by atoms with Crippen LogP contribution in [0.5, 0.6) is 11.5 Å². The Hall–Kier alpha value is -1.87. The summed E-state index contributed by atoms with van der Waals surface area (Å²) in [5.74, 6) is 1.54. The van der Waals surface area contributed by atoms with Crippen LogP contribution >= 0.6 is 11.6 Å². The lowest BCUT2D eigenvalue weighted by Crippen LogP contribution is -2.48. The minimum atomic E-state index is -1.09. The lowest BCUT2D eigenvalue weighted by atomic mass is 10.1. The Balaban J connectivity index is 1.28. The zero-order valence-electron chi connectivity index (χ0n) is 19.0. The summed E-state index contributed by atoms with van der Waals surface area (Å²) in [6.07, 6.45) is 0. The molecule has 2 heterocycles. The minimum absolute atomic E-state index is 0.149. The Bertz CT molecular complexity index is 862. The van der Waals surface area contributed by atoms with E-state index in [1.165, 1.54) is 0 Å². The molecule has 8 heteroatoms. The van der Waals surface area contributed by atoms with Gasteiger partial charge in [-0.25, -0.2) is 0 Å². The molecule has 1 N–H and O–H groups in total. The van der Waals surface area contributed by atoms with Crippen molar-refractivity contribution in [2.75, 3.05) is 72.4 Å². The van der Waals surface area contributed by atoms with E-state index in [9.17, 15) is 5.11 Å². The van der Waals surface area contributed by atoms with Gasteiger partial charge in [0.25, 0.3) is 0 Å². The van der Waals surface area contributed by atoms with E-state index >= 15 is 0 Å². The number of benzene rings is 2. The standard InChI is InChI=1S/C25H33ClN2O5/c26-22-4-6-23(7-5-22)33-20-25(29)18-28(10-14-31-19-25)17-21-2-1-3-24(16-21)32-15-11-27-8-12-30-13-9-27/h1-7,16,29H,8-15,17-20H2/t25-/m1/s1. The van der Waals surface area contributed by atoms with Crippen molar-refractivity contribution in [2.45, 2.75) is 12.1 Å². The average Bonchev–Trinajstić information content (AvgIpc) is 3.01. The summed E-state index contributed by atoms with van der Waals surface area (Å²) in [6, 6.07) is 15.3. The molecule has 2 aromatic carbocycles. The molecule has 2 fully saturated rings. The topological polar surface area (TPSA) is 63.6 Å². The first-order valence-electron chi connectivity index (χ1n) is 11.5. The van der Waals surface area contributed by atoms with Crippen LogP contribution in [0.3, 0.4) is 0 Å². The largest absolute Gasteiger partial charge is 0.492 e. The summed E-state index contributed by atoms with van der Waals surface area (Å²) in [7, 11) is 0. The molecule has 2 aromatic rings. The van der Waals surface area contributed by atoms with Gasteiger partial charge in [-0.1, -0.05) is 23.7 Å². The monoisotopic (exact) mass is 476 g/mol. The fourth-order valence-electron chi connectivity index (χ4n) is 4.08. The first kappa shape index (κ1) is 24.3. The number of nitrogens with zero attached hydrogens (tertiary/aromatic N) is 2. The van der Waals surface area contributed by atoms with Crippen molar-refractivity contribution in [1.29, 1.82) is 0 Å². The van der Waals surface area contributed by atoms with Gasteiger partial charge in [0.1, 0.15) is 30.3 Å². The van der Waals surface area contributed by atoms with Crippen molar-refractivity contribution in [1.82, 2.24) is 9.80 Å². The number of aliphatic hydroxyl groups is 1. The Morgan fingerprint density at radius 1 is 0.909 bits per heavy atom. The number of rotatable bonds is 9. The predicted molar refractivity (Wildman–Crippen MR) is 127 cm³/mol. The van der Waals surface area contributed by atoms with E-state index in [2.05, 4.69) is 21.9 Å². The molecule has 0 bridgehead atoms. The molecule has 33 heavy (non-hydrogen) atoms. The zero-order chi connectivity index (χ0) is 22.9. The zero-order valence-corrected chi connectivity index (χ0v) is 19.7. The van der Waals surface area contributed by atoms with Crippen LogP contribution in [-0.4, -0.2) is 92.9 Å². The van der Waals surface area contributed by atoms with Crippen LogP contribution in [-0.2, 0) is 16.0 Å². The molecular formula is C25H33ClN2O5. The van der Waals surface area contributed by atoms with Crippen molar-refractivity contribution in [3.8, 4) is 11.5 Å². The van der Waals surface area contributed by atoms with Gasteiger partial charge in [0, 0.05) is 44.3 Å². The third-order valence-corrected chi connectivity index (χ3v) is 6.10. The second-order valence-electron chi connectivity index (χ2n) is 8.68. The quantitative estimate of drug-likeness (QED) is 0.597. The third-order valence-electron chi connectivity index (χ3n) is 5.85. The van der Waals surface area contributed by atoms with Gasteiger partial charge in [-0.3, -0.25) is 9.80 Å². The van der Waals surface area contributed by atoms with Crippen LogP contribution in [0.15, 0.2) is 48.5 Å². The van der Waals surface area contributed by atoms with Gasteiger partial charge in [0.15, 0.2) is 0 Å². The smallest absolute Gasteiger partial charge is 0.134 e. The van der Waals surface area contributed by atoms with Crippen LogP contribution in [0.2, 0.25) is 5.02 Å². The molecule has 0 radical (unpaired) electrons. The second-order valence-corrected chi connectivity index (χ2v) is 9.12. The van der Waals surface area contributed by atoms with Gasteiger partial charge in [-0.2, -0.15) is 0 Å². The number of hydrogen-bond donors (Lipinski definition) is 1. The van der Waals surface area contributed by atoms with Crippen molar-refractivity contribution in [3.63, 3.8) is 0 Å². The molecule has 0 unspecified atom stereocenters. The SMILES string of the molecule is O[C@@]1(COc2ccc(Cl)cc2)COCCN(Cc2cccc(OCCN3CCOCC3)c2)C1. The van der Waals surface area contributed by atoms with Crippen LogP contribution in [0.1, 0.15) is 5.56 Å². The van der Waals surface area contributed by atoms with Crippen LogP contribution < -0.4 is 9.47 Å². The van der Waals surface area contributed by atoms with Gasteiger partial charge in [0.05, 0.1) is 26.4 Å². The van der Waals surface area contributed by atoms with E-state index in [-0.39, 0.29) is 13.2 Å². The molecule has 4 rings (SSSR count). The van der Waals surface area contributed by atoms with E-state index < -0.39 is 5.60 Å². The second kappa shape index (κ2) is 12.0. The lowest BCUT2D eigenvalue weighted by Gasteiger charge is -2.30. The highest BCUT2D eigenvalue weighted by Gasteiger charge is 2.33. The normalized spacial score (nSPS) is 22.6. The molecule has 1 atom stereocenters. The average molecular weight is 477 g/mol. The molecule has 0 saturated carbocycles. The first-order chi connectivity index (χ1) is 16.1. The van der Waals surface area contributed by atoms with Crippen molar-refractivity contribution >= 4 is 11.6 Å². The van der Waals surface area contributed by atoms with E-state index in [1.54, 1.807) is 24.3 Å². The number of hydrogen-bond acceptors (Lipinski definition) is 7. The number of morpholine rings is 1. The third kappa shape index (κ3) is 7.84. The summed E-state index contributed by atoms with van der Waals surface area (Å²) < 4.78 is 22.9. The number of ether oxygens (including phenoxy) is 4. The fraction of sp³-hybridized carbons (Fsp3) is 0.520. The molecule has 2 aliphatic heterocycles. The Morgan fingerprint density at radius 3 is 2.48 bits per heavy atom. The molecule has 0 amide bonds. The summed E-state index contributed by atoms with van der Waals surface area (Å²) >= 11 is 5.93. The van der Waals surface area contributed by atoms with Gasteiger partial charge < -0.3 is 24.1 Å². The maximum Gasteiger partial charge on any atom is 0.134 e. The van der Waals surface area contributed by atoms with Gasteiger partial charge in [-0.05, 0) is 42.0 Å². The highest BCUT2D eigenvalue weighted by Crippen LogP contribution is 2.21. The van der Waals surface area contributed by atoms with Gasteiger partial charge in [0.2, 0.25) is 0 Å². The molecule has 2 saturated heterocycles. The Morgan fingerprint density at radius 2 is 1.67 bits per heavy atom. The predicted octanol–water partition coefficient (Wildman–Crippen LogP) is 2.69. The van der Waals surface area contributed by atoms with E-state index in [0.717, 1.165) is 50.7 Å². The Labute approximate surface area is 200 Å². The van der Waals surface area contributed by atoms with E-state index in [0.29, 0.717) is 37.1 Å². The fourth-order valence-corrected chi connectivity index (χ4v) is 4.20. The molecule has 2 aliphatic rings. The molecule has 0 aliphatic carbocycles. The molecule has 180 valence electrons. The van der Waals surface area contributed by atoms with E-state index in [1.807, 2.05) is 12.1 Å². The van der Waals surface area contributed by atoms with E-state index in [4.69, 9.17) is 30.5 Å². The highest BCUT2D eigenvalue weighted by atomic mass is 35.5. The number of halogens is 1. The van der Waals surface area contributed by atoms with Crippen LogP contribution in [0.4, 0.5) is 0 Å². The maximum atomic E-state index is 11.2. The summed E-state index contributed by atoms with van der Waals surface area (Å²) in [4.78, 5) is 4.56. The van der Waals surface area contributed by atoms with Crippen LogP contribution in [0, 0.1) is 0 Å². The molecular weight excluding hydrogens is 444 g/mol. The summed E-state index contributed by atoms with van der Waals surface area (Å²) in [5.41, 5.74) is 0.0457. The van der Waals surface area contributed by atoms with Crippen LogP contribution in [0.25, 0.3) is 0 Å². The minimum Gasteiger partial charge on any atom is -0.492 e. The van der Waals surface area contributed by atoms with Crippen molar-refractivity contribution in [2.24, 2.45) is 0 Å². The summed E-state index contributed by atoms with van der Waals surface area (Å²) in [6.45, 7) is 7.94. The summed E-state index contributed by atoms with van der Waals surface area (Å²) in [5, 5.41) is 11.8. The van der Waals surface area contributed by atoms with Crippen molar-refractivity contribution < 1.29 is 24.1 Å². The van der Waals surface area contributed by atoms with Crippen molar-refractivity contribution in [3.05, 3.63) is 59.1 Å². The highest BCUT2D eigenvalue weighted by molar-refractivity contribution is 6.30. The van der Waals surface area contributed by atoms with Gasteiger partial charge >= 0.3 is 0 Å².